The number of hydrogen-bond acceptors (Lipinski definition) is 6. The van der Waals surface area contributed by atoms with Gasteiger partial charge in [0.25, 0.3) is 5.91 Å². The number of aryl methyl sites for hydroxylation is 1. The number of hydrogen-bond donors (Lipinski definition) is 1. The van der Waals surface area contributed by atoms with Crippen molar-refractivity contribution in [2.24, 2.45) is 0 Å². The Balaban J connectivity index is 1.47. The molecule has 1 amide bonds. The van der Waals surface area contributed by atoms with E-state index in [1.807, 2.05) is 31.2 Å². The second-order valence-electron chi connectivity index (χ2n) is 5.83. The SMILES string of the molecule is Cc1ccc(OCC(=O)NCc2ccnc(N3CCOCC3)n2)cc1. The fourth-order valence-corrected chi connectivity index (χ4v) is 2.42. The molecular weight excluding hydrogens is 320 g/mol. The molecule has 0 spiro atoms. The van der Waals surface area contributed by atoms with Gasteiger partial charge in [-0.2, -0.15) is 0 Å². The number of nitrogens with one attached hydrogen (secondary N) is 1. The Bertz CT molecular complexity index is 700. The van der Waals surface area contributed by atoms with Crippen molar-refractivity contribution in [1.29, 1.82) is 0 Å². The molecule has 0 saturated carbocycles. The molecule has 7 nitrogen and oxygen atoms in total. The number of benzene rings is 1. The first-order chi connectivity index (χ1) is 12.2. The molecule has 2 heterocycles. The predicted molar refractivity (Wildman–Crippen MR) is 93.6 cm³/mol. The summed E-state index contributed by atoms with van der Waals surface area (Å²) in [5.74, 6) is 1.16. The third-order valence-corrected chi connectivity index (χ3v) is 3.85. The van der Waals surface area contributed by atoms with Crippen LogP contribution < -0.4 is 15.0 Å². The largest absolute Gasteiger partial charge is 0.484 e. The summed E-state index contributed by atoms with van der Waals surface area (Å²) in [7, 11) is 0. The van der Waals surface area contributed by atoms with Gasteiger partial charge in [-0.05, 0) is 25.1 Å². The molecule has 0 unspecified atom stereocenters. The molecule has 0 radical (unpaired) electrons. The van der Waals surface area contributed by atoms with Crippen LogP contribution in [0.3, 0.4) is 0 Å². The molecule has 0 atom stereocenters. The van der Waals surface area contributed by atoms with Gasteiger partial charge >= 0.3 is 0 Å². The maximum Gasteiger partial charge on any atom is 0.258 e. The van der Waals surface area contributed by atoms with Crippen molar-refractivity contribution in [3.63, 3.8) is 0 Å². The van der Waals surface area contributed by atoms with Crippen LogP contribution in [0.4, 0.5) is 5.95 Å². The van der Waals surface area contributed by atoms with E-state index in [-0.39, 0.29) is 12.5 Å². The number of nitrogens with zero attached hydrogens (tertiary/aromatic N) is 3. The number of aromatic nitrogens is 2. The van der Waals surface area contributed by atoms with Gasteiger partial charge in [0.05, 0.1) is 25.5 Å². The van der Waals surface area contributed by atoms with Gasteiger partial charge < -0.3 is 19.7 Å². The quantitative estimate of drug-likeness (QED) is 0.853. The standard InChI is InChI=1S/C18H22N4O3/c1-14-2-4-16(5-3-14)25-13-17(23)20-12-15-6-7-19-18(21-15)22-8-10-24-11-9-22/h2-7H,8-13H2,1H3,(H,20,23). The average molecular weight is 342 g/mol. The first-order valence-corrected chi connectivity index (χ1v) is 8.31. The van der Waals surface area contributed by atoms with Crippen molar-refractivity contribution in [1.82, 2.24) is 15.3 Å². The van der Waals surface area contributed by atoms with Gasteiger partial charge in [0, 0.05) is 19.3 Å². The Morgan fingerprint density at radius 3 is 2.76 bits per heavy atom. The van der Waals surface area contributed by atoms with Gasteiger partial charge in [-0.15, -0.1) is 0 Å². The van der Waals surface area contributed by atoms with E-state index in [1.165, 1.54) is 0 Å². The van der Waals surface area contributed by atoms with Crippen molar-refractivity contribution in [2.45, 2.75) is 13.5 Å². The lowest BCUT2D eigenvalue weighted by molar-refractivity contribution is -0.123. The first-order valence-electron chi connectivity index (χ1n) is 8.31. The second kappa shape index (κ2) is 8.43. The zero-order valence-corrected chi connectivity index (χ0v) is 14.3. The lowest BCUT2D eigenvalue weighted by atomic mass is 10.2. The van der Waals surface area contributed by atoms with Gasteiger partial charge in [0.1, 0.15) is 5.75 Å². The van der Waals surface area contributed by atoms with Crippen molar-refractivity contribution < 1.29 is 14.3 Å². The molecule has 25 heavy (non-hydrogen) atoms. The van der Waals surface area contributed by atoms with Crippen molar-refractivity contribution in [3.8, 4) is 5.75 Å². The zero-order valence-electron chi connectivity index (χ0n) is 14.3. The lowest BCUT2D eigenvalue weighted by Gasteiger charge is -2.26. The molecule has 1 N–H and O–H groups in total. The van der Waals surface area contributed by atoms with Gasteiger partial charge in [-0.3, -0.25) is 4.79 Å². The molecule has 1 aromatic carbocycles. The Labute approximate surface area is 147 Å². The van der Waals surface area contributed by atoms with E-state index in [0.717, 1.165) is 24.3 Å². The van der Waals surface area contributed by atoms with Gasteiger partial charge in [0.15, 0.2) is 6.61 Å². The van der Waals surface area contributed by atoms with E-state index in [0.29, 0.717) is 31.5 Å². The highest BCUT2D eigenvalue weighted by Crippen LogP contribution is 2.11. The molecule has 1 aromatic heterocycles. The molecule has 0 aliphatic carbocycles. The highest BCUT2D eigenvalue weighted by molar-refractivity contribution is 5.77. The summed E-state index contributed by atoms with van der Waals surface area (Å²) in [5.41, 5.74) is 1.91. The van der Waals surface area contributed by atoms with E-state index in [9.17, 15) is 4.79 Å². The molecule has 2 aromatic rings. The highest BCUT2D eigenvalue weighted by Gasteiger charge is 2.14. The summed E-state index contributed by atoms with van der Waals surface area (Å²) in [5, 5.41) is 2.81. The minimum atomic E-state index is -0.188. The Morgan fingerprint density at radius 2 is 2.00 bits per heavy atom. The Morgan fingerprint density at radius 1 is 1.24 bits per heavy atom. The summed E-state index contributed by atoms with van der Waals surface area (Å²) >= 11 is 0. The molecule has 1 aliphatic heterocycles. The third kappa shape index (κ3) is 5.15. The molecule has 1 saturated heterocycles. The number of ether oxygens (including phenoxy) is 2. The van der Waals surface area contributed by atoms with Gasteiger partial charge in [0.2, 0.25) is 5.95 Å². The van der Waals surface area contributed by atoms with Crippen LogP contribution in [0.15, 0.2) is 36.5 Å². The number of amides is 1. The average Bonchev–Trinajstić information content (AvgIpc) is 2.67. The fraction of sp³-hybridized carbons (Fsp3) is 0.389. The van der Waals surface area contributed by atoms with E-state index in [1.54, 1.807) is 12.3 Å². The minimum Gasteiger partial charge on any atom is -0.484 e. The van der Waals surface area contributed by atoms with Crippen molar-refractivity contribution in [3.05, 3.63) is 47.8 Å². The maximum absolute atomic E-state index is 11.9. The van der Waals surface area contributed by atoms with Crippen LogP contribution in [0.2, 0.25) is 0 Å². The maximum atomic E-state index is 11.9. The predicted octanol–water partition coefficient (Wildman–Crippen LogP) is 1.32. The van der Waals surface area contributed by atoms with Crippen molar-refractivity contribution >= 4 is 11.9 Å². The van der Waals surface area contributed by atoms with E-state index < -0.39 is 0 Å². The Kier molecular flexibility index (Phi) is 5.79. The molecule has 0 bridgehead atoms. The monoisotopic (exact) mass is 342 g/mol. The van der Waals surface area contributed by atoms with E-state index in [2.05, 4.69) is 20.2 Å². The van der Waals surface area contributed by atoms with Crippen LogP contribution in [0, 0.1) is 6.92 Å². The van der Waals surface area contributed by atoms with Gasteiger partial charge in [-0.1, -0.05) is 17.7 Å². The van der Waals surface area contributed by atoms with Crippen LogP contribution in [0.1, 0.15) is 11.3 Å². The third-order valence-electron chi connectivity index (χ3n) is 3.85. The lowest BCUT2D eigenvalue weighted by Crippen LogP contribution is -2.37. The zero-order chi connectivity index (χ0) is 17.5. The van der Waals surface area contributed by atoms with Crippen LogP contribution in [-0.2, 0) is 16.1 Å². The van der Waals surface area contributed by atoms with Crippen LogP contribution in [0.25, 0.3) is 0 Å². The van der Waals surface area contributed by atoms with E-state index >= 15 is 0 Å². The summed E-state index contributed by atoms with van der Waals surface area (Å²) in [6, 6.07) is 9.39. The van der Waals surface area contributed by atoms with Crippen LogP contribution >= 0.6 is 0 Å². The number of anilines is 1. The number of carbonyl (C=O) groups excluding carboxylic acids is 1. The molecule has 1 aliphatic rings. The fourth-order valence-electron chi connectivity index (χ4n) is 2.42. The summed E-state index contributed by atoms with van der Waals surface area (Å²) < 4.78 is 10.8. The minimum absolute atomic E-state index is 0.0233. The molecule has 132 valence electrons. The molecule has 3 rings (SSSR count). The summed E-state index contributed by atoms with van der Waals surface area (Å²) in [6.07, 6.45) is 1.71. The summed E-state index contributed by atoms with van der Waals surface area (Å²) in [4.78, 5) is 22.8. The highest BCUT2D eigenvalue weighted by atomic mass is 16.5. The smallest absolute Gasteiger partial charge is 0.258 e. The van der Waals surface area contributed by atoms with Gasteiger partial charge in [-0.25, -0.2) is 9.97 Å². The van der Waals surface area contributed by atoms with Crippen LogP contribution in [-0.4, -0.2) is 48.8 Å². The number of rotatable bonds is 6. The second-order valence-corrected chi connectivity index (χ2v) is 5.83. The molecule has 1 fully saturated rings. The topological polar surface area (TPSA) is 76.6 Å². The first kappa shape index (κ1) is 17.2. The van der Waals surface area contributed by atoms with Crippen LogP contribution in [0.5, 0.6) is 5.75 Å². The summed E-state index contributed by atoms with van der Waals surface area (Å²) in [6.45, 7) is 5.24. The molecular formula is C18H22N4O3. The van der Waals surface area contributed by atoms with Crippen molar-refractivity contribution in [2.75, 3.05) is 37.8 Å². The van der Waals surface area contributed by atoms with E-state index in [4.69, 9.17) is 9.47 Å². The number of morpholine rings is 1. The Hall–Kier alpha value is -2.67. The number of carbonyl (C=O) groups is 1. The molecule has 7 heteroatoms. The normalized spacial score (nSPS) is 14.2.